The van der Waals surface area contributed by atoms with Crippen molar-refractivity contribution in [1.82, 2.24) is 10.3 Å². The van der Waals surface area contributed by atoms with Gasteiger partial charge in [-0.2, -0.15) is 0 Å². The number of nitrogens with zero attached hydrogens (tertiary/aromatic N) is 1. The topological polar surface area (TPSA) is 112 Å². The Morgan fingerprint density at radius 3 is 2.55 bits per heavy atom. The summed E-state index contributed by atoms with van der Waals surface area (Å²) in [6.45, 7) is 5.31. The Kier molecular flexibility index (Phi) is 6.73. The van der Waals surface area contributed by atoms with Crippen molar-refractivity contribution in [3.05, 3.63) is 29.6 Å². The second-order valence-electron chi connectivity index (χ2n) is 5.98. The van der Waals surface area contributed by atoms with E-state index in [0.717, 1.165) is 0 Å². The minimum atomic E-state index is -1.16. The second kappa shape index (κ2) is 8.07. The third-order valence-corrected chi connectivity index (χ3v) is 2.81. The smallest absolute Gasteiger partial charge is 0.407 e. The van der Waals surface area contributed by atoms with Gasteiger partial charge in [0.1, 0.15) is 11.7 Å². The van der Waals surface area contributed by atoms with Crippen molar-refractivity contribution in [2.45, 2.75) is 51.6 Å². The van der Waals surface area contributed by atoms with Crippen LogP contribution in [0.3, 0.4) is 0 Å². The van der Waals surface area contributed by atoms with E-state index in [1.807, 2.05) is 0 Å². The predicted molar refractivity (Wildman–Crippen MR) is 80.0 cm³/mol. The zero-order chi connectivity index (χ0) is 16.8. The second-order valence-corrected chi connectivity index (χ2v) is 5.98. The van der Waals surface area contributed by atoms with Gasteiger partial charge < -0.3 is 25.4 Å². The fourth-order valence-electron chi connectivity index (χ4n) is 1.70. The lowest BCUT2D eigenvalue weighted by Crippen LogP contribution is -2.34. The van der Waals surface area contributed by atoms with E-state index in [-0.39, 0.29) is 19.6 Å². The molecule has 2 unspecified atom stereocenters. The quantitative estimate of drug-likeness (QED) is 0.620. The molecular formula is C15H24N2O5. The number of carbonyl (C=O) groups is 1. The number of hydrogen-bond donors (Lipinski definition) is 4. The van der Waals surface area contributed by atoms with E-state index < -0.39 is 23.9 Å². The molecule has 7 heteroatoms. The molecule has 7 nitrogen and oxygen atoms in total. The van der Waals surface area contributed by atoms with Crippen molar-refractivity contribution in [2.24, 2.45) is 0 Å². The summed E-state index contributed by atoms with van der Waals surface area (Å²) in [5.41, 5.74) is 0.347. The zero-order valence-electron chi connectivity index (χ0n) is 13.1. The Morgan fingerprint density at radius 2 is 2.05 bits per heavy atom. The van der Waals surface area contributed by atoms with Crippen LogP contribution >= 0.6 is 0 Å². The van der Waals surface area contributed by atoms with Gasteiger partial charge in [-0.25, -0.2) is 4.79 Å². The van der Waals surface area contributed by atoms with Gasteiger partial charge in [-0.05, 0) is 38.8 Å². The molecule has 0 spiro atoms. The Hall–Kier alpha value is -1.70. The molecule has 1 aromatic rings. The minimum absolute atomic E-state index is 0.133. The Bertz CT molecular complexity index is 470. The molecule has 0 aliphatic rings. The highest BCUT2D eigenvalue weighted by Gasteiger charge is 2.20. The van der Waals surface area contributed by atoms with Crippen molar-refractivity contribution >= 4 is 6.09 Å². The molecule has 0 radical (unpaired) electrons. The number of aliphatic hydroxyl groups is 3. The summed E-state index contributed by atoms with van der Waals surface area (Å²) in [5.74, 6) is 0. The molecule has 1 aromatic heterocycles. The SMILES string of the molecule is CC(C)(C)OC(=O)NCCC(O)C(O)c1ccc(CO)cn1. The van der Waals surface area contributed by atoms with Gasteiger partial charge in [-0.3, -0.25) is 4.98 Å². The molecule has 124 valence electrons. The lowest BCUT2D eigenvalue weighted by atomic mass is 10.1. The zero-order valence-corrected chi connectivity index (χ0v) is 13.1. The summed E-state index contributed by atoms with van der Waals surface area (Å²) < 4.78 is 5.06. The lowest BCUT2D eigenvalue weighted by Gasteiger charge is -2.21. The fourth-order valence-corrected chi connectivity index (χ4v) is 1.70. The molecule has 1 rings (SSSR count). The summed E-state index contributed by atoms with van der Waals surface area (Å²) in [6.07, 6.45) is -1.20. The highest BCUT2D eigenvalue weighted by atomic mass is 16.6. The van der Waals surface area contributed by atoms with Gasteiger partial charge in [0, 0.05) is 12.7 Å². The van der Waals surface area contributed by atoms with E-state index in [4.69, 9.17) is 9.84 Å². The van der Waals surface area contributed by atoms with Crippen molar-refractivity contribution in [2.75, 3.05) is 6.54 Å². The third-order valence-electron chi connectivity index (χ3n) is 2.81. The van der Waals surface area contributed by atoms with Gasteiger partial charge in [0.15, 0.2) is 0 Å². The molecule has 0 aliphatic heterocycles. The summed E-state index contributed by atoms with van der Waals surface area (Å²) >= 11 is 0. The van der Waals surface area contributed by atoms with E-state index in [2.05, 4.69) is 10.3 Å². The molecule has 0 aromatic carbocycles. The monoisotopic (exact) mass is 312 g/mol. The van der Waals surface area contributed by atoms with Crippen molar-refractivity contribution in [3.63, 3.8) is 0 Å². The Labute approximate surface area is 130 Å². The molecule has 0 saturated heterocycles. The first-order valence-corrected chi connectivity index (χ1v) is 7.11. The van der Waals surface area contributed by atoms with Crippen molar-refractivity contribution in [1.29, 1.82) is 0 Å². The first-order valence-electron chi connectivity index (χ1n) is 7.11. The third kappa shape index (κ3) is 6.38. The predicted octanol–water partition coefficient (Wildman–Crippen LogP) is 0.883. The van der Waals surface area contributed by atoms with Crippen LogP contribution in [0.15, 0.2) is 18.3 Å². The summed E-state index contributed by atoms with van der Waals surface area (Å²) in [6, 6.07) is 3.16. The van der Waals surface area contributed by atoms with Gasteiger partial charge >= 0.3 is 6.09 Å². The van der Waals surface area contributed by atoms with E-state index in [0.29, 0.717) is 11.3 Å². The van der Waals surface area contributed by atoms with Crippen LogP contribution in [0.2, 0.25) is 0 Å². The molecule has 22 heavy (non-hydrogen) atoms. The maximum atomic E-state index is 11.4. The Morgan fingerprint density at radius 1 is 1.36 bits per heavy atom. The highest BCUT2D eigenvalue weighted by molar-refractivity contribution is 5.67. The summed E-state index contributed by atoms with van der Waals surface area (Å²) in [7, 11) is 0. The van der Waals surface area contributed by atoms with Crippen LogP contribution in [0.25, 0.3) is 0 Å². The van der Waals surface area contributed by atoms with Crippen LogP contribution in [-0.2, 0) is 11.3 Å². The van der Waals surface area contributed by atoms with Crippen molar-refractivity contribution < 1.29 is 24.9 Å². The van der Waals surface area contributed by atoms with Crippen LogP contribution < -0.4 is 5.32 Å². The molecular weight excluding hydrogens is 288 g/mol. The number of carbonyl (C=O) groups excluding carboxylic acids is 1. The van der Waals surface area contributed by atoms with Gasteiger partial charge in [0.25, 0.3) is 0 Å². The average Bonchev–Trinajstić information content (AvgIpc) is 2.44. The first kappa shape index (κ1) is 18.3. The fraction of sp³-hybridized carbons (Fsp3) is 0.600. The first-order chi connectivity index (χ1) is 10.2. The van der Waals surface area contributed by atoms with Crippen LogP contribution in [0.1, 0.15) is 44.6 Å². The molecule has 0 saturated carbocycles. The maximum absolute atomic E-state index is 11.4. The molecule has 2 atom stereocenters. The average molecular weight is 312 g/mol. The number of ether oxygens (including phenoxy) is 1. The molecule has 1 amide bonds. The van der Waals surface area contributed by atoms with Gasteiger partial charge in [-0.1, -0.05) is 6.07 Å². The standard InChI is InChI=1S/C15H24N2O5/c1-15(2,3)22-14(21)16-7-6-12(19)13(20)11-5-4-10(9-18)8-17-11/h4-5,8,12-13,18-20H,6-7,9H2,1-3H3,(H,16,21). The lowest BCUT2D eigenvalue weighted by molar-refractivity contribution is 0.00990. The number of amides is 1. The highest BCUT2D eigenvalue weighted by Crippen LogP contribution is 2.17. The molecule has 0 fully saturated rings. The van der Waals surface area contributed by atoms with Crippen LogP contribution in [0.4, 0.5) is 4.79 Å². The number of aromatic nitrogens is 1. The van der Waals surface area contributed by atoms with E-state index >= 15 is 0 Å². The van der Waals surface area contributed by atoms with E-state index in [9.17, 15) is 15.0 Å². The summed E-state index contributed by atoms with van der Waals surface area (Å²) in [4.78, 5) is 15.4. The normalized spacial score (nSPS) is 14.3. The molecule has 1 heterocycles. The number of alkyl carbamates (subject to hydrolysis) is 1. The number of nitrogens with one attached hydrogen (secondary N) is 1. The number of hydrogen-bond acceptors (Lipinski definition) is 6. The van der Waals surface area contributed by atoms with Gasteiger partial charge in [0.05, 0.1) is 18.4 Å². The number of aliphatic hydroxyl groups excluding tert-OH is 3. The summed E-state index contributed by atoms with van der Waals surface area (Å²) in [5, 5.41) is 31.3. The van der Waals surface area contributed by atoms with Gasteiger partial charge in [-0.15, -0.1) is 0 Å². The molecule has 0 aliphatic carbocycles. The molecule has 4 N–H and O–H groups in total. The van der Waals surface area contributed by atoms with Gasteiger partial charge in [0.2, 0.25) is 0 Å². The molecule has 0 bridgehead atoms. The number of pyridine rings is 1. The van der Waals surface area contributed by atoms with Crippen LogP contribution in [0, 0.1) is 0 Å². The Balaban J connectivity index is 2.40. The van der Waals surface area contributed by atoms with Crippen LogP contribution in [0.5, 0.6) is 0 Å². The minimum Gasteiger partial charge on any atom is -0.444 e. The largest absolute Gasteiger partial charge is 0.444 e. The maximum Gasteiger partial charge on any atom is 0.407 e. The van der Waals surface area contributed by atoms with Crippen molar-refractivity contribution in [3.8, 4) is 0 Å². The van der Waals surface area contributed by atoms with E-state index in [1.54, 1.807) is 32.9 Å². The number of rotatable bonds is 6. The van der Waals surface area contributed by atoms with Crippen LogP contribution in [-0.4, -0.2) is 44.6 Å². The van der Waals surface area contributed by atoms with E-state index in [1.165, 1.54) is 6.20 Å².